The minimum atomic E-state index is -0.945. The van der Waals surface area contributed by atoms with E-state index in [2.05, 4.69) is 10.3 Å². The first-order valence-electron chi connectivity index (χ1n) is 12.7. The van der Waals surface area contributed by atoms with Crippen molar-refractivity contribution in [3.8, 4) is 0 Å². The van der Waals surface area contributed by atoms with Gasteiger partial charge in [-0.2, -0.15) is 0 Å². The van der Waals surface area contributed by atoms with Crippen LogP contribution in [0.4, 0.5) is 0 Å². The van der Waals surface area contributed by atoms with Crippen molar-refractivity contribution in [3.63, 3.8) is 0 Å². The molecule has 0 bridgehead atoms. The molecule has 0 saturated carbocycles. The number of hydrogen-bond acceptors (Lipinski definition) is 8. The van der Waals surface area contributed by atoms with Crippen LogP contribution in [0.15, 0.2) is 48.6 Å². The van der Waals surface area contributed by atoms with Crippen molar-refractivity contribution in [2.24, 2.45) is 11.8 Å². The van der Waals surface area contributed by atoms with Gasteiger partial charge in [0.05, 0.1) is 41.4 Å². The van der Waals surface area contributed by atoms with Crippen molar-refractivity contribution in [1.82, 2.24) is 24.8 Å². The van der Waals surface area contributed by atoms with Crippen LogP contribution in [0.5, 0.6) is 0 Å². The third-order valence-electron chi connectivity index (χ3n) is 7.94. The second kappa shape index (κ2) is 9.29. The highest BCUT2D eigenvalue weighted by atomic mass is 32.2. The molecular weight excluding hydrogens is 494 g/mol. The lowest BCUT2D eigenvalue weighted by Crippen LogP contribution is -2.56. The van der Waals surface area contributed by atoms with Crippen LogP contribution in [0.2, 0.25) is 0 Å². The van der Waals surface area contributed by atoms with Gasteiger partial charge in [-0.1, -0.05) is 48.6 Å². The summed E-state index contributed by atoms with van der Waals surface area (Å²) in [7, 11) is 0. The molecule has 5 heterocycles. The van der Waals surface area contributed by atoms with Crippen LogP contribution in [0.3, 0.4) is 0 Å². The number of carbonyl (C=O) groups is 3. The van der Waals surface area contributed by atoms with Crippen molar-refractivity contribution >= 4 is 40.6 Å². The molecule has 2 saturated heterocycles. The molecule has 0 radical (unpaired) electrons. The van der Waals surface area contributed by atoms with E-state index in [1.807, 2.05) is 55.5 Å². The normalized spacial score (nSPS) is 32.0. The predicted molar refractivity (Wildman–Crippen MR) is 136 cm³/mol. The Labute approximate surface area is 218 Å². The zero-order chi connectivity index (χ0) is 25.7. The number of benzene rings is 1. The smallest absolute Gasteiger partial charge is 0.311 e. The Morgan fingerprint density at radius 2 is 2.05 bits per heavy atom. The van der Waals surface area contributed by atoms with Crippen molar-refractivity contribution < 1.29 is 24.2 Å². The Balaban J connectivity index is 1.43. The molecule has 10 nitrogen and oxygen atoms in total. The Morgan fingerprint density at radius 1 is 1.22 bits per heavy atom. The molecule has 2 aromatic rings. The summed E-state index contributed by atoms with van der Waals surface area (Å²) in [6, 6.07) is 6.13. The van der Waals surface area contributed by atoms with Crippen LogP contribution >= 0.6 is 11.8 Å². The van der Waals surface area contributed by atoms with E-state index < -0.39 is 34.6 Å². The molecule has 37 heavy (non-hydrogen) atoms. The number of esters is 1. The van der Waals surface area contributed by atoms with E-state index in [1.54, 1.807) is 14.5 Å². The number of ether oxygens (including phenoxy) is 1. The number of aromatic nitrogens is 3. The Hall–Kier alpha value is -3.18. The second-order valence-corrected chi connectivity index (χ2v) is 11.4. The molecule has 0 aliphatic carbocycles. The topological polar surface area (TPSA) is 118 Å². The molecule has 6 atom stereocenters. The number of para-hydroxylation sites is 1. The number of amides is 2. The lowest BCUT2D eigenvalue weighted by atomic mass is 9.78. The van der Waals surface area contributed by atoms with Crippen LogP contribution in [-0.2, 0) is 25.8 Å². The number of fused-ring (bicyclic) bond motifs is 3. The predicted octanol–water partition coefficient (Wildman–Crippen LogP) is 1.36. The van der Waals surface area contributed by atoms with E-state index in [0.717, 1.165) is 11.0 Å². The molecule has 194 valence electrons. The van der Waals surface area contributed by atoms with Crippen molar-refractivity contribution in [2.75, 3.05) is 19.8 Å². The number of rotatable bonds is 5. The van der Waals surface area contributed by atoms with E-state index in [4.69, 9.17) is 4.74 Å². The maximum absolute atomic E-state index is 14.3. The monoisotopic (exact) mass is 523 g/mol. The summed E-state index contributed by atoms with van der Waals surface area (Å²) < 4.78 is 6.24. The molecule has 1 aromatic heterocycles. The fourth-order valence-corrected chi connectivity index (χ4v) is 8.20. The first kappa shape index (κ1) is 24.2. The van der Waals surface area contributed by atoms with Crippen molar-refractivity contribution in [1.29, 1.82) is 0 Å². The molecule has 4 aliphatic rings. The molecular formula is C26H29N5O5S. The molecule has 6 rings (SSSR count). The molecule has 1 spiro atoms. The third kappa shape index (κ3) is 3.62. The summed E-state index contributed by atoms with van der Waals surface area (Å²) in [6.45, 7) is 2.38. The summed E-state index contributed by atoms with van der Waals surface area (Å²) >= 11 is 1.50. The first-order chi connectivity index (χ1) is 18.0. The third-order valence-corrected chi connectivity index (χ3v) is 9.69. The maximum Gasteiger partial charge on any atom is 0.311 e. The van der Waals surface area contributed by atoms with Gasteiger partial charge in [-0.25, -0.2) is 4.68 Å². The van der Waals surface area contributed by atoms with E-state index in [-0.39, 0.29) is 36.9 Å². The van der Waals surface area contributed by atoms with Crippen LogP contribution in [0, 0.1) is 11.8 Å². The number of likely N-dealkylation sites (tertiary alicyclic amines) is 1. The molecule has 4 aliphatic heterocycles. The quantitative estimate of drug-likeness (QED) is 0.461. The SMILES string of the molecule is CC[C@@H](CO)N1C(=O)[C@@H]2[C@@H]3C(=O)OCCC=C[C@@H]3S[C@@]23C=CCN(Cn2nnc4ccccc42)C(=O)C13. The molecule has 2 fully saturated rings. The van der Waals surface area contributed by atoms with Gasteiger partial charge in [-0.15, -0.1) is 16.9 Å². The number of aliphatic hydroxyl groups excluding tert-OH is 1. The van der Waals surface area contributed by atoms with Crippen LogP contribution in [0.25, 0.3) is 11.0 Å². The minimum Gasteiger partial charge on any atom is -0.465 e. The first-order valence-corrected chi connectivity index (χ1v) is 13.6. The summed E-state index contributed by atoms with van der Waals surface area (Å²) in [5.74, 6) is -2.35. The van der Waals surface area contributed by atoms with Gasteiger partial charge in [0.1, 0.15) is 18.2 Å². The number of cyclic esters (lactones) is 1. The van der Waals surface area contributed by atoms with Gasteiger partial charge in [0.15, 0.2) is 0 Å². The molecule has 1 unspecified atom stereocenters. The summed E-state index contributed by atoms with van der Waals surface area (Å²) in [5, 5.41) is 18.4. The highest BCUT2D eigenvalue weighted by Gasteiger charge is 2.71. The van der Waals surface area contributed by atoms with Gasteiger partial charge in [0, 0.05) is 11.8 Å². The van der Waals surface area contributed by atoms with E-state index in [1.165, 1.54) is 11.8 Å². The average molecular weight is 524 g/mol. The minimum absolute atomic E-state index is 0.165. The van der Waals surface area contributed by atoms with E-state index in [9.17, 15) is 19.5 Å². The standard InChI is InChI=1S/C26H29N5O5S/c1-2-16(14-32)31-22-24(34)29(15-30-18-9-4-3-8-17(18)27-28-30)12-7-11-26(22)21(23(31)33)20-19(37-26)10-5-6-13-36-25(20)35/h3-5,7-11,16,19-22,32H,2,6,12-15H2,1H3/t16-,19-,20+,21-,22?,26-/m0/s1. The van der Waals surface area contributed by atoms with Crippen molar-refractivity contribution in [2.45, 2.75) is 48.5 Å². The van der Waals surface area contributed by atoms with Crippen LogP contribution < -0.4 is 0 Å². The zero-order valence-electron chi connectivity index (χ0n) is 20.5. The highest BCUT2D eigenvalue weighted by molar-refractivity contribution is 8.02. The molecule has 1 N–H and O–H groups in total. The molecule has 11 heteroatoms. The number of thioether (sulfide) groups is 1. The lowest BCUT2D eigenvalue weighted by Gasteiger charge is -2.38. The summed E-state index contributed by atoms with van der Waals surface area (Å²) in [4.78, 5) is 44.8. The van der Waals surface area contributed by atoms with Crippen LogP contribution in [0.1, 0.15) is 19.8 Å². The Bertz CT molecular complexity index is 1310. The van der Waals surface area contributed by atoms with Gasteiger partial charge in [-0.05, 0) is 25.0 Å². The average Bonchev–Trinajstić information content (AvgIpc) is 3.48. The number of hydrogen-bond donors (Lipinski definition) is 1. The fourth-order valence-electron chi connectivity index (χ4n) is 6.21. The van der Waals surface area contributed by atoms with Gasteiger partial charge in [0.25, 0.3) is 0 Å². The summed E-state index contributed by atoms with van der Waals surface area (Å²) in [5.41, 5.74) is 1.53. The maximum atomic E-state index is 14.3. The van der Waals surface area contributed by atoms with Gasteiger partial charge >= 0.3 is 5.97 Å². The summed E-state index contributed by atoms with van der Waals surface area (Å²) in [6.07, 6.45) is 8.95. The second-order valence-electron chi connectivity index (χ2n) is 9.90. The van der Waals surface area contributed by atoms with Crippen molar-refractivity contribution in [3.05, 3.63) is 48.6 Å². The fraction of sp³-hybridized carbons (Fsp3) is 0.500. The highest BCUT2D eigenvalue weighted by Crippen LogP contribution is 2.61. The van der Waals surface area contributed by atoms with E-state index in [0.29, 0.717) is 19.4 Å². The van der Waals surface area contributed by atoms with Gasteiger partial charge in [0.2, 0.25) is 11.8 Å². The Kier molecular flexibility index (Phi) is 6.07. The van der Waals surface area contributed by atoms with E-state index >= 15 is 0 Å². The number of carbonyl (C=O) groups excluding carboxylic acids is 3. The molecule has 1 aromatic carbocycles. The molecule has 2 amide bonds. The largest absolute Gasteiger partial charge is 0.465 e. The zero-order valence-corrected chi connectivity index (χ0v) is 21.3. The lowest BCUT2D eigenvalue weighted by molar-refractivity contribution is -0.153. The number of aliphatic hydroxyl groups is 1. The Morgan fingerprint density at radius 3 is 2.86 bits per heavy atom. The number of nitrogens with zero attached hydrogens (tertiary/aromatic N) is 5. The van der Waals surface area contributed by atoms with Gasteiger partial charge < -0.3 is 19.6 Å². The van der Waals surface area contributed by atoms with Gasteiger partial charge in [-0.3, -0.25) is 14.4 Å². The van der Waals surface area contributed by atoms with Crippen LogP contribution in [-0.4, -0.2) is 89.5 Å².